The number of hydrogen-bond donors (Lipinski definition) is 0. The van der Waals surface area contributed by atoms with Crippen LogP contribution in [0.5, 0.6) is 0 Å². The fourth-order valence-electron chi connectivity index (χ4n) is 1.33. The lowest BCUT2D eigenvalue weighted by Gasteiger charge is -2.03. The second kappa shape index (κ2) is 4.05. The van der Waals surface area contributed by atoms with Gasteiger partial charge in [-0.2, -0.15) is 5.10 Å². The summed E-state index contributed by atoms with van der Waals surface area (Å²) in [5.74, 6) is 0.291. The largest absolute Gasteiger partial charge is 0.281 e. The average Bonchev–Trinajstić information content (AvgIpc) is 2.65. The molecule has 16 heavy (non-hydrogen) atoms. The SMILES string of the molecule is C=C(CCl)Cn1nnc2c(cnn2C)c1=O. The summed E-state index contributed by atoms with van der Waals surface area (Å²) in [4.78, 5) is 11.9. The van der Waals surface area contributed by atoms with E-state index in [4.69, 9.17) is 11.6 Å². The molecule has 84 valence electrons. The Labute approximate surface area is 96.1 Å². The monoisotopic (exact) mass is 239 g/mol. The number of hydrogen-bond acceptors (Lipinski definition) is 4. The van der Waals surface area contributed by atoms with Crippen molar-refractivity contribution in [2.45, 2.75) is 6.54 Å². The maximum Gasteiger partial charge on any atom is 0.281 e. The third kappa shape index (κ3) is 1.71. The van der Waals surface area contributed by atoms with Crippen LogP contribution in [-0.2, 0) is 13.6 Å². The lowest BCUT2D eigenvalue weighted by molar-refractivity contribution is 0.591. The highest BCUT2D eigenvalue weighted by Gasteiger charge is 2.09. The van der Waals surface area contributed by atoms with Crippen LogP contribution in [0.3, 0.4) is 0 Å². The third-order valence-corrected chi connectivity index (χ3v) is 2.56. The zero-order valence-electron chi connectivity index (χ0n) is 8.72. The number of aryl methyl sites for hydroxylation is 1. The van der Waals surface area contributed by atoms with E-state index in [9.17, 15) is 4.79 Å². The van der Waals surface area contributed by atoms with Crippen molar-refractivity contribution in [2.75, 3.05) is 5.88 Å². The van der Waals surface area contributed by atoms with E-state index in [1.54, 1.807) is 7.05 Å². The van der Waals surface area contributed by atoms with E-state index in [2.05, 4.69) is 22.0 Å². The van der Waals surface area contributed by atoms with Gasteiger partial charge in [-0.1, -0.05) is 11.8 Å². The molecule has 0 spiro atoms. The molecule has 0 saturated heterocycles. The van der Waals surface area contributed by atoms with Gasteiger partial charge in [0.2, 0.25) is 0 Å². The molecule has 2 aromatic rings. The summed E-state index contributed by atoms with van der Waals surface area (Å²) >= 11 is 5.60. The van der Waals surface area contributed by atoms with Crippen LogP contribution in [0.25, 0.3) is 11.0 Å². The van der Waals surface area contributed by atoms with Crippen molar-refractivity contribution in [3.8, 4) is 0 Å². The minimum Gasteiger partial charge on any atom is -0.267 e. The molecule has 0 amide bonds. The molecule has 0 fully saturated rings. The Morgan fingerprint density at radius 3 is 3.06 bits per heavy atom. The number of aromatic nitrogens is 5. The second-order valence-corrected chi connectivity index (χ2v) is 3.71. The Bertz CT molecular complexity index is 599. The quantitative estimate of drug-likeness (QED) is 0.572. The number of halogens is 1. The first kappa shape index (κ1) is 10.8. The first-order valence-electron chi connectivity index (χ1n) is 4.61. The Morgan fingerprint density at radius 1 is 1.62 bits per heavy atom. The molecule has 6 nitrogen and oxygen atoms in total. The Balaban J connectivity index is 2.53. The molecule has 0 aliphatic rings. The lowest BCUT2D eigenvalue weighted by Crippen LogP contribution is -2.25. The van der Waals surface area contributed by atoms with Gasteiger partial charge >= 0.3 is 0 Å². The van der Waals surface area contributed by atoms with Gasteiger partial charge < -0.3 is 0 Å². The molecular formula is C9H10ClN5O. The summed E-state index contributed by atoms with van der Waals surface area (Å²) in [6.45, 7) is 3.99. The zero-order chi connectivity index (χ0) is 11.7. The number of rotatable bonds is 3. The van der Waals surface area contributed by atoms with Crippen molar-refractivity contribution in [1.29, 1.82) is 0 Å². The van der Waals surface area contributed by atoms with E-state index in [-0.39, 0.29) is 12.1 Å². The van der Waals surface area contributed by atoms with Crippen LogP contribution in [0.4, 0.5) is 0 Å². The van der Waals surface area contributed by atoms with Crippen LogP contribution in [0.15, 0.2) is 23.1 Å². The van der Waals surface area contributed by atoms with Crippen molar-refractivity contribution < 1.29 is 0 Å². The highest BCUT2D eigenvalue weighted by atomic mass is 35.5. The number of alkyl halides is 1. The molecule has 7 heteroatoms. The van der Waals surface area contributed by atoms with Gasteiger partial charge in [0.1, 0.15) is 5.39 Å². The van der Waals surface area contributed by atoms with E-state index in [0.717, 1.165) is 0 Å². The molecule has 0 radical (unpaired) electrons. The first-order chi connectivity index (χ1) is 7.63. The third-order valence-electron chi connectivity index (χ3n) is 2.18. The molecule has 0 aromatic carbocycles. The maximum atomic E-state index is 11.9. The molecule has 2 heterocycles. The van der Waals surface area contributed by atoms with E-state index in [1.165, 1.54) is 15.6 Å². The van der Waals surface area contributed by atoms with Gasteiger partial charge in [0.15, 0.2) is 5.65 Å². The Hall–Kier alpha value is -1.69. The van der Waals surface area contributed by atoms with Crippen LogP contribution in [-0.4, -0.2) is 30.7 Å². The predicted molar refractivity (Wildman–Crippen MR) is 60.4 cm³/mol. The van der Waals surface area contributed by atoms with Gasteiger partial charge in [0, 0.05) is 12.9 Å². The number of allylic oxidation sites excluding steroid dienone is 1. The summed E-state index contributed by atoms with van der Waals surface area (Å²) < 4.78 is 2.74. The van der Waals surface area contributed by atoms with E-state index >= 15 is 0 Å². The summed E-state index contributed by atoms with van der Waals surface area (Å²) in [5.41, 5.74) is 0.948. The fourth-order valence-corrected chi connectivity index (χ4v) is 1.42. The topological polar surface area (TPSA) is 65.6 Å². The number of fused-ring (bicyclic) bond motifs is 1. The van der Waals surface area contributed by atoms with E-state index < -0.39 is 0 Å². The molecule has 0 N–H and O–H groups in total. The highest BCUT2D eigenvalue weighted by molar-refractivity contribution is 6.19. The van der Waals surface area contributed by atoms with E-state index in [1.807, 2.05) is 0 Å². The van der Waals surface area contributed by atoms with Gasteiger partial charge in [-0.05, 0) is 5.57 Å². The lowest BCUT2D eigenvalue weighted by atomic mass is 10.3. The molecule has 0 bridgehead atoms. The van der Waals surface area contributed by atoms with Crippen molar-refractivity contribution in [3.05, 3.63) is 28.7 Å². The molecular weight excluding hydrogens is 230 g/mol. The fraction of sp³-hybridized carbons (Fsp3) is 0.333. The molecule has 0 unspecified atom stereocenters. The average molecular weight is 240 g/mol. The molecule has 0 aliphatic carbocycles. The standard InChI is InChI=1S/C9H10ClN5O/c1-6(3-10)5-15-9(16)7-4-11-14(2)8(7)12-13-15/h4H,1,3,5H2,2H3. The minimum atomic E-state index is -0.232. The van der Waals surface area contributed by atoms with Gasteiger partial charge in [-0.25, -0.2) is 9.36 Å². The van der Waals surface area contributed by atoms with Crippen LogP contribution >= 0.6 is 11.6 Å². The molecule has 0 saturated carbocycles. The summed E-state index contributed by atoms with van der Waals surface area (Å²) in [7, 11) is 1.71. The summed E-state index contributed by atoms with van der Waals surface area (Å²) in [5, 5.41) is 12.1. The van der Waals surface area contributed by atoms with Gasteiger partial charge in [0.05, 0.1) is 12.7 Å². The number of nitrogens with zero attached hydrogens (tertiary/aromatic N) is 5. The Morgan fingerprint density at radius 2 is 2.38 bits per heavy atom. The van der Waals surface area contributed by atoms with Crippen molar-refractivity contribution in [1.82, 2.24) is 24.8 Å². The van der Waals surface area contributed by atoms with Crippen LogP contribution < -0.4 is 5.56 Å². The Kier molecular flexibility index (Phi) is 2.74. The second-order valence-electron chi connectivity index (χ2n) is 3.44. The zero-order valence-corrected chi connectivity index (χ0v) is 9.48. The van der Waals surface area contributed by atoms with Crippen LogP contribution in [0, 0.1) is 0 Å². The van der Waals surface area contributed by atoms with E-state index in [0.29, 0.717) is 22.5 Å². The van der Waals surface area contributed by atoms with Crippen LogP contribution in [0.2, 0.25) is 0 Å². The molecule has 2 aromatic heterocycles. The maximum absolute atomic E-state index is 11.9. The smallest absolute Gasteiger partial charge is 0.267 e. The normalized spacial score (nSPS) is 10.9. The van der Waals surface area contributed by atoms with Crippen molar-refractivity contribution >= 4 is 22.6 Å². The summed E-state index contributed by atoms with van der Waals surface area (Å²) in [6, 6.07) is 0. The molecule has 2 rings (SSSR count). The van der Waals surface area contributed by atoms with Gasteiger partial charge in [-0.3, -0.25) is 4.79 Å². The minimum absolute atomic E-state index is 0.232. The summed E-state index contributed by atoms with van der Waals surface area (Å²) in [6.07, 6.45) is 1.48. The van der Waals surface area contributed by atoms with Gasteiger partial charge in [-0.15, -0.1) is 16.7 Å². The first-order valence-corrected chi connectivity index (χ1v) is 5.15. The van der Waals surface area contributed by atoms with Crippen molar-refractivity contribution in [2.24, 2.45) is 7.05 Å². The van der Waals surface area contributed by atoms with Crippen molar-refractivity contribution in [3.63, 3.8) is 0 Å². The molecule has 0 atom stereocenters. The highest BCUT2D eigenvalue weighted by Crippen LogP contribution is 2.03. The predicted octanol–water partition coefficient (Wildman–Crippen LogP) is 0.320. The molecule has 0 aliphatic heterocycles. The van der Waals surface area contributed by atoms with Gasteiger partial charge in [0.25, 0.3) is 5.56 Å². The van der Waals surface area contributed by atoms with Crippen LogP contribution in [0.1, 0.15) is 0 Å².